The smallest absolute Gasteiger partial charge is 0.251 e. The minimum atomic E-state index is -0.453. The standard InChI is InChI=1S/C19H22N2O3/c22-14-19(10-2-3-11-19)21-18(23)15-6-8-17(9-7-15)24-13-16-5-1-4-12-20-16/h1,4-9,12,22H,2-3,10-11,13-14H2,(H,21,23). The molecule has 1 amide bonds. The molecule has 5 heteroatoms. The van der Waals surface area contributed by atoms with Crippen LogP contribution in [0.1, 0.15) is 41.7 Å². The topological polar surface area (TPSA) is 71.5 Å². The highest BCUT2D eigenvalue weighted by Crippen LogP contribution is 2.29. The molecule has 3 rings (SSSR count). The van der Waals surface area contributed by atoms with Crippen molar-refractivity contribution in [2.45, 2.75) is 37.8 Å². The van der Waals surface area contributed by atoms with Gasteiger partial charge in [-0.25, -0.2) is 0 Å². The fourth-order valence-corrected chi connectivity index (χ4v) is 3.03. The highest BCUT2D eigenvalue weighted by Gasteiger charge is 2.34. The van der Waals surface area contributed by atoms with Crippen molar-refractivity contribution < 1.29 is 14.6 Å². The zero-order valence-electron chi connectivity index (χ0n) is 13.6. The zero-order chi connectivity index (χ0) is 16.8. The summed E-state index contributed by atoms with van der Waals surface area (Å²) in [6.45, 7) is 0.379. The summed E-state index contributed by atoms with van der Waals surface area (Å²) in [5, 5.41) is 12.6. The summed E-state index contributed by atoms with van der Waals surface area (Å²) in [4.78, 5) is 16.6. The first-order chi connectivity index (χ1) is 11.7. The van der Waals surface area contributed by atoms with Gasteiger partial charge in [-0.15, -0.1) is 0 Å². The van der Waals surface area contributed by atoms with E-state index in [1.165, 1.54) is 0 Å². The molecule has 24 heavy (non-hydrogen) atoms. The highest BCUT2D eigenvalue weighted by molar-refractivity contribution is 5.94. The fourth-order valence-electron chi connectivity index (χ4n) is 3.03. The van der Waals surface area contributed by atoms with E-state index in [-0.39, 0.29) is 12.5 Å². The number of aliphatic hydroxyl groups is 1. The summed E-state index contributed by atoms with van der Waals surface area (Å²) < 4.78 is 5.67. The predicted molar refractivity (Wildman–Crippen MR) is 90.8 cm³/mol. The molecule has 0 bridgehead atoms. The van der Waals surface area contributed by atoms with E-state index >= 15 is 0 Å². The third-order valence-electron chi connectivity index (χ3n) is 4.47. The van der Waals surface area contributed by atoms with Crippen LogP contribution in [0.5, 0.6) is 5.75 Å². The molecule has 1 aliphatic rings. The van der Waals surface area contributed by atoms with Gasteiger partial charge in [-0.3, -0.25) is 9.78 Å². The van der Waals surface area contributed by atoms with Gasteiger partial charge in [0.2, 0.25) is 0 Å². The Bertz CT molecular complexity index is 665. The molecule has 0 aliphatic heterocycles. The summed E-state index contributed by atoms with van der Waals surface area (Å²) in [5.41, 5.74) is 0.968. The van der Waals surface area contributed by atoms with Crippen molar-refractivity contribution in [1.82, 2.24) is 10.3 Å². The van der Waals surface area contributed by atoms with Gasteiger partial charge in [0.05, 0.1) is 17.8 Å². The molecule has 0 radical (unpaired) electrons. The number of benzene rings is 1. The lowest BCUT2D eigenvalue weighted by Gasteiger charge is -2.28. The molecule has 2 N–H and O–H groups in total. The van der Waals surface area contributed by atoms with Crippen LogP contribution in [0.2, 0.25) is 0 Å². The molecule has 2 aromatic rings. The van der Waals surface area contributed by atoms with Crippen molar-refractivity contribution in [2.75, 3.05) is 6.61 Å². The van der Waals surface area contributed by atoms with Gasteiger partial charge < -0.3 is 15.2 Å². The van der Waals surface area contributed by atoms with E-state index in [1.54, 1.807) is 30.5 Å². The van der Waals surface area contributed by atoms with E-state index in [9.17, 15) is 9.90 Å². The molecule has 1 saturated carbocycles. The summed E-state index contributed by atoms with van der Waals surface area (Å²) in [5.74, 6) is 0.539. The Kier molecular flexibility index (Phi) is 5.11. The highest BCUT2D eigenvalue weighted by atomic mass is 16.5. The van der Waals surface area contributed by atoms with Crippen molar-refractivity contribution in [2.24, 2.45) is 0 Å². The number of rotatable bonds is 6. The van der Waals surface area contributed by atoms with Gasteiger partial charge in [-0.05, 0) is 49.2 Å². The van der Waals surface area contributed by atoms with Crippen LogP contribution in [-0.2, 0) is 6.61 Å². The molecular weight excluding hydrogens is 304 g/mol. The Hall–Kier alpha value is -2.40. The first kappa shape index (κ1) is 16.5. The van der Waals surface area contributed by atoms with Crippen LogP contribution >= 0.6 is 0 Å². The second-order valence-corrected chi connectivity index (χ2v) is 6.23. The number of carbonyl (C=O) groups excluding carboxylic acids is 1. The Morgan fingerprint density at radius 1 is 1.17 bits per heavy atom. The van der Waals surface area contributed by atoms with Crippen molar-refractivity contribution in [3.05, 3.63) is 59.9 Å². The Balaban J connectivity index is 1.58. The fraction of sp³-hybridized carbons (Fsp3) is 0.368. The Morgan fingerprint density at radius 3 is 2.54 bits per heavy atom. The lowest BCUT2D eigenvalue weighted by atomic mass is 9.98. The average molecular weight is 326 g/mol. The number of aliphatic hydroxyl groups excluding tert-OH is 1. The maximum Gasteiger partial charge on any atom is 0.251 e. The molecule has 1 heterocycles. The molecule has 1 aromatic carbocycles. The maximum atomic E-state index is 12.4. The summed E-state index contributed by atoms with van der Waals surface area (Å²) in [6, 6.07) is 12.7. The molecule has 1 aliphatic carbocycles. The van der Waals surface area contributed by atoms with E-state index in [2.05, 4.69) is 10.3 Å². The first-order valence-corrected chi connectivity index (χ1v) is 8.27. The normalized spacial score (nSPS) is 15.9. The van der Waals surface area contributed by atoms with E-state index in [0.29, 0.717) is 17.9 Å². The van der Waals surface area contributed by atoms with Crippen LogP contribution in [0.3, 0.4) is 0 Å². The van der Waals surface area contributed by atoms with E-state index in [1.807, 2.05) is 18.2 Å². The number of ether oxygens (including phenoxy) is 1. The van der Waals surface area contributed by atoms with Crippen LogP contribution in [0, 0.1) is 0 Å². The summed E-state index contributed by atoms with van der Waals surface area (Å²) >= 11 is 0. The maximum absolute atomic E-state index is 12.4. The summed E-state index contributed by atoms with van der Waals surface area (Å²) in [6.07, 6.45) is 5.48. The molecule has 0 spiro atoms. The Labute approximate surface area is 141 Å². The molecule has 1 fully saturated rings. The van der Waals surface area contributed by atoms with Crippen molar-refractivity contribution >= 4 is 5.91 Å². The van der Waals surface area contributed by atoms with Crippen LogP contribution in [-0.4, -0.2) is 28.1 Å². The molecule has 1 aromatic heterocycles. The number of nitrogens with zero attached hydrogens (tertiary/aromatic N) is 1. The third-order valence-corrected chi connectivity index (χ3v) is 4.47. The van der Waals surface area contributed by atoms with Gasteiger partial charge in [-0.2, -0.15) is 0 Å². The molecular formula is C19H22N2O3. The molecule has 5 nitrogen and oxygen atoms in total. The van der Waals surface area contributed by atoms with Gasteiger partial charge in [0.15, 0.2) is 0 Å². The van der Waals surface area contributed by atoms with Crippen LogP contribution in [0.25, 0.3) is 0 Å². The van der Waals surface area contributed by atoms with Crippen LogP contribution in [0.15, 0.2) is 48.7 Å². The number of hydrogen-bond donors (Lipinski definition) is 2. The quantitative estimate of drug-likeness (QED) is 0.856. The van der Waals surface area contributed by atoms with E-state index in [4.69, 9.17) is 4.74 Å². The zero-order valence-corrected chi connectivity index (χ0v) is 13.6. The van der Waals surface area contributed by atoms with Gasteiger partial charge in [-0.1, -0.05) is 18.9 Å². The second kappa shape index (κ2) is 7.45. The van der Waals surface area contributed by atoms with Gasteiger partial charge in [0.25, 0.3) is 5.91 Å². The molecule has 126 valence electrons. The van der Waals surface area contributed by atoms with E-state index < -0.39 is 5.54 Å². The minimum Gasteiger partial charge on any atom is -0.487 e. The van der Waals surface area contributed by atoms with Crippen molar-refractivity contribution in [3.8, 4) is 5.75 Å². The van der Waals surface area contributed by atoms with Crippen molar-refractivity contribution in [3.63, 3.8) is 0 Å². The van der Waals surface area contributed by atoms with Crippen LogP contribution in [0.4, 0.5) is 0 Å². The molecule has 0 saturated heterocycles. The monoisotopic (exact) mass is 326 g/mol. The number of aromatic nitrogens is 1. The average Bonchev–Trinajstić information content (AvgIpc) is 3.10. The second-order valence-electron chi connectivity index (χ2n) is 6.23. The van der Waals surface area contributed by atoms with Gasteiger partial charge in [0, 0.05) is 11.8 Å². The number of carbonyl (C=O) groups is 1. The third kappa shape index (κ3) is 3.92. The largest absolute Gasteiger partial charge is 0.487 e. The summed E-state index contributed by atoms with van der Waals surface area (Å²) in [7, 11) is 0. The molecule has 0 unspecified atom stereocenters. The van der Waals surface area contributed by atoms with Gasteiger partial charge >= 0.3 is 0 Å². The lowest BCUT2D eigenvalue weighted by Crippen LogP contribution is -2.49. The molecule has 0 atom stereocenters. The first-order valence-electron chi connectivity index (χ1n) is 8.27. The SMILES string of the molecule is O=C(NC1(CO)CCCC1)c1ccc(OCc2ccccn2)cc1. The number of amides is 1. The van der Waals surface area contributed by atoms with Crippen LogP contribution < -0.4 is 10.1 Å². The Morgan fingerprint density at radius 2 is 1.92 bits per heavy atom. The van der Waals surface area contributed by atoms with Crippen molar-refractivity contribution in [1.29, 1.82) is 0 Å². The number of pyridine rings is 1. The predicted octanol–water partition coefficient (Wildman–Crippen LogP) is 2.70. The minimum absolute atomic E-state index is 0.00991. The lowest BCUT2D eigenvalue weighted by molar-refractivity contribution is 0.0838. The number of nitrogens with one attached hydrogen (secondary N) is 1. The van der Waals surface area contributed by atoms with E-state index in [0.717, 1.165) is 31.4 Å². The van der Waals surface area contributed by atoms with Gasteiger partial charge in [0.1, 0.15) is 12.4 Å². The number of hydrogen-bond acceptors (Lipinski definition) is 4.